The molecule has 0 spiro atoms. The Labute approximate surface area is 181 Å². The zero-order valence-electron chi connectivity index (χ0n) is 16.7. The number of hydrogen-bond acceptors (Lipinski definition) is 4. The van der Waals surface area contributed by atoms with Crippen LogP contribution in [-0.4, -0.2) is 70.0 Å². The highest BCUT2D eigenvalue weighted by atomic mass is 127. The van der Waals surface area contributed by atoms with Gasteiger partial charge in [-0.05, 0) is 31.9 Å². The Hall–Kier alpha value is -0.900. The number of hydrogen-bond donors (Lipinski definition) is 2. The Morgan fingerprint density at radius 1 is 1.19 bits per heavy atom. The highest BCUT2D eigenvalue weighted by molar-refractivity contribution is 14.0. The summed E-state index contributed by atoms with van der Waals surface area (Å²) in [6.45, 7) is 8.59. The molecule has 7 heteroatoms. The number of likely N-dealkylation sites (tertiary alicyclic amines) is 1. The first kappa shape index (κ1) is 24.1. The molecule has 1 aromatic rings. The SMILES string of the molecule is CCNC(=NCC1CCCN1Cc1ccccc1)NCCOCCOC.I. The normalized spacial score (nSPS) is 17.6. The van der Waals surface area contributed by atoms with Crippen molar-refractivity contribution in [2.75, 3.05) is 53.1 Å². The van der Waals surface area contributed by atoms with E-state index in [1.807, 2.05) is 0 Å². The summed E-state index contributed by atoms with van der Waals surface area (Å²) in [6.07, 6.45) is 2.47. The Bertz CT molecular complexity index is 516. The minimum atomic E-state index is 0. The molecule has 1 atom stereocenters. The second-order valence-corrected chi connectivity index (χ2v) is 6.50. The smallest absolute Gasteiger partial charge is 0.191 e. The quantitative estimate of drug-likeness (QED) is 0.216. The number of benzene rings is 1. The van der Waals surface area contributed by atoms with Crippen LogP contribution in [0.25, 0.3) is 0 Å². The summed E-state index contributed by atoms with van der Waals surface area (Å²) in [5.74, 6) is 0.870. The van der Waals surface area contributed by atoms with Gasteiger partial charge < -0.3 is 20.1 Å². The molecule has 2 N–H and O–H groups in total. The van der Waals surface area contributed by atoms with Gasteiger partial charge in [-0.1, -0.05) is 30.3 Å². The summed E-state index contributed by atoms with van der Waals surface area (Å²) in [7, 11) is 1.68. The van der Waals surface area contributed by atoms with Gasteiger partial charge in [-0.15, -0.1) is 24.0 Å². The number of guanidine groups is 1. The fraction of sp³-hybridized carbons (Fsp3) is 0.650. The van der Waals surface area contributed by atoms with Crippen molar-refractivity contribution in [2.24, 2.45) is 4.99 Å². The Morgan fingerprint density at radius 3 is 2.74 bits per heavy atom. The summed E-state index contributed by atoms with van der Waals surface area (Å²) < 4.78 is 10.5. The van der Waals surface area contributed by atoms with Gasteiger partial charge in [-0.3, -0.25) is 9.89 Å². The molecule has 0 radical (unpaired) electrons. The molecule has 1 fully saturated rings. The predicted molar refractivity (Wildman–Crippen MR) is 122 cm³/mol. The fourth-order valence-electron chi connectivity index (χ4n) is 3.15. The van der Waals surface area contributed by atoms with Gasteiger partial charge in [-0.25, -0.2) is 0 Å². The van der Waals surface area contributed by atoms with Crippen LogP contribution >= 0.6 is 24.0 Å². The minimum absolute atomic E-state index is 0. The largest absolute Gasteiger partial charge is 0.382 e. The van der Waals surface area contributed by atoms with E-state index in [0.29, 0.717) is 25.9 Å². The maximum atomic E-state index is 5.49. The monoisotopic (exact) mass is 490 g/mol. The standard InChI is InChI=1S/C20H34N4O2.HI/c1-3-21-20(22-11-13-26-15-14-25-2)23-16-19-10-7-12-24(19)17-18-8-5-4-6-9-18;/h4-6,8-9,19H,3,7,10-17H2,1-2H3,(H2,21,22,23);1H. The second kappa shape index (κ2) is 15.1. The number of ether oxygens (including phenoxy) is 2. The lowest BCUT2D eigenvalue weighted by Crippen LogP contribution is -2.40. The van der Waals surface area contributed by atoms with Gasteiger partial charge in [0, 0.05) is 32.8 Å². The molecule has 154 valence electrons. The zero-order valence-corrected chi connectivity index (χ0v) is 19.0. The highest BCUT2D eigenvalue weighted by Gasteiger charge is 2.24. The summed E-state index contributed by atoms with van der Waals surface area (Å²) in [5.41, 5.74) is 1.38. The van der Waals surface area contributed by atoms with Crippen LogP contribution in [0, 0.1) is 0 Å². The first-order chi connectivity index (χ1) is 12.8. The molecule has 0 bridgehead atoms. The molecule has 1 aliphatic heterocycles. The summed E-state index contributed by atoms with van der Waals surface area (Å²) in [6, 6.07) is 11.2. The first-order valence-electron chi connectivity index (χ1n) is 9.70. The van der Waals surface area contributed by atoms with Crippen LogP contribution in [0.2, 0.25) is 0 Å². The molecule has 1 aromatic carbocycles. The second-order valence-electron chi connectivity index (χ2n) is 6.50. The van der Waals surface area contributed by atoms with E-state index in [2.05, 4.69) is 52.8 Å². The maximum Gasteiger partial charge on any atom is 0.191 e. The van der Waals surface area contributed by atoms with Gasteiger partial charge in [0.1, 0.15) is 0 Å². The third kappa shape index (κ3) is 9.73. The lowest BCUT2D eigenvalue weighted by atomic mass is 10.2. The molecular weight excluding hydrogens is 455 g/mol. The zero-order chi connectivity index (χ0) is 18.5. The first-order valence-corrected chi connectivity index (χ1v) is 9.70. The number of nitrogens with zero attached hydrogens (tertiary/aromatic N) is 2. The topological polar surface area (TPSA) is 58.1 Å². The van der Waals surface area contributed by atoms with Crippen LogP contribution in [-0.2, 0) is 16.0 Å². The molecular formula is C20H35IN4O2. The number of nitrogens with one attached hydrogen (secondary N) is 2. The Morgan fingerprint density at radius 2 is 2.00 bits per heavy atom. The van der Waals surface area contributed by atoms with Crippen LogP contribution in [0.3, 0.4) is 0 Å². The highest BCUT2D eigenvalue weighted by Crippen LogP contribution is 2.20. The molecule has 0 aromatic heterocycles. The van der Waals surface area contributed by atoms with E-state index < -0.39 is 0 Å². The van der Waals surface area contributed by atoms with Gasteiger partial charge in [0.2, 0.25) is 0 Å². The van der Waals surface area contributed by atoms with E-state index in [1.165, 1.54) is 18.4 Å². The maximum absolute atomic E-state index is 5.49. The lowest BCUT2D eigenvalue weighted by Gasteiger charge is -2.23. The molecule has 1 aliphatic rings. The van der Waals surface area contributed by atoms with E-state index in [1.54, 1.807) is 7.11 Å². The van der Waals surface area contributed by atoms with Crippen LogP contribution in [0.15, 0.2) is 35.3 Å². The average Bonchev–Trinajstić information content (AvgIpc) is 3.10. The van der Waals surface area contributed by atoms with E-state index in [9.17, 15) is 0 Å². The van der Waals surface area contributed by atoms with Gasteiger partial charge in [0.15, 0.2) is 5.96 Å². The van der Waals surface area contributed by atoms with Crippen molar-refractivity contribution in [3.05, 3.63) is 35.9 Å². The third-order valence-electron chi connectivity index (χ3n) is 4.50. The van der Waals surface area contributed by atoms with E-state index in [4.69, 9.17) is 14.5 Å². The molecule has 1 unspecified atom stereocenters. The van der Waals surface area contributed by atoms with Crippen molar-refractivity contribution in [1.82, 2.24) is 15.5 Å². The summed E-state index contributed by atoms with van der Waals surface area (Å²) >= 11 is 0. The van der Waals surface area contributed by atoms with Crippen molar-refractivity contribution in [2.45, 2.75) is 32.4 Å². The van der Waals surface area contributed by atoms with Crippen molar-refractivity contribution in [3.8, 4) is 0 Å². The van der Waals surface area contributed by atoms with Crippen LogP contribution in [0.1, 0.15) is 25.3 Å². The van der Waals surface area contributed by atoms with Crippen LogP contribution in [0.4, 0.5) is 0 Å². The number of aliphatic imine (C=N–C) groups is 1. The molecule has 2 rings (SSSR count). The van der Waals surface area contributed by atoms with Crippen molar-refractivity contribution in [1.29, 1.82) is 0 Å². The van der Waals surface area contributed by atoms with E-state index in [0.717, 1.165) is 38.7 Å². The molecule has 1 saturated heterocycles. The number of halogens is 1. The molecule has 6 nitrogen and oxygen atoms in total. The Kier molecular flexibility index (Phi) is 13.5. The van der Waals surface area contributed by atoms with Crippen LogP contribution in [0.5, 0.6) is 0 Å². The van der Waals surface area contributed by atoms with Crippen molar-refractivity contribution < 1.29 is 9.47 Å². The summed E-state index contributed by atoms with van der Waals surface area (Å²) in [4.78, 5) is 7.35. The van der Waals surface area contributed by atoms with Gasteiger partial charge in [-0.2, -0.15) is 0 Å². The molecule has 0 aliphatic carbocycles. The predicted octanol–water partition coefficient (Wildman–Crippen LogP) is 2.49. The molecule has 27 heavy (non-hydrogen) atoms. The molecule has 0 saturated carbocycles. The lowest BCUT2D eigenvalue weighted by molar-refractivity contribution is 0.0733. The van der Waals surface area contributed by atoms with E-state index >= 15 is 0 Å². The van der Waals surface area contributed by atoms with Crippen LogP contribution < -0.4 is 10.6 Å². The third-order valence-corrected chi connectivity index (χ3v) is 4.50. The summed E-state index contributed by atoms with van der Waals surface area (Å²) in [5, 5.41) is 6.65. The number of rotatable bonds is 11. The van der Waals surface area contributed by atoms with Gasteiger partial charge in [0.05, 0.1) is 26.4 Å². The molecule has 0 amide bonds. The van der Waals surface area contributed by atoms with Crippen molar-refractivity contribution >= 4 is 29.9 Å². The average molecular weight is 490 g/mol. The number of methoxy groups -OCH3 is 1. The molecule has 1 heterocycles. The van der Waals surface area contributed by atoms with E-state index in [-0.39, 0.29) is 24.0 Å². The Balaban J connectivity index is 0.00000364. The van der Waals surface area contributed by atoms with Gasteiger partial charge in [0.25, 0.3) is 0 Å². The minimum Gasteiger partial charge on any atom is -0.382 e. The fourth-order valence-corrected chi connectivity index (χ4v) is 3.15. The van der Waals surface area contributed by atoms with Gasteiger partial charge >= 0.3 is 0 Å². The van der Waals surface area contributed by atoms with Crippen molar-refractivity contribution in [3.63, 3.8) is 0 Å².